The van der Waals surface area contributed by atoms with E-state index < -0.39 is 0 Å². The van der Waals surface area contributed by atoms with E-state index in [1.165, 1.54) is 4.90 Å². The average Bonchev–Trinajstić information content (AvgIpc) is 2.24. The quantitative estimate of drug-likeness (QED) is 0.791. The SMILES string of the molecule is CN(CCC#N)C(=O)c1cccc(S)c1. The van der Waals surface area contributed by atoms with Gasteiger partial charge in [0.15, 0.2) is 0 Å². The molecule has 0 saturated carbocycles. The van der Waals surface area contributed by atoms with Crippen molar-refractivity contribution in [3.63, 3.8) is 0 Å². The topological polar surface area (TPSA) is 44.1 Å². The van der Waals surface area contributed by atoms with Crippen LogP contribution >= 0.6 is 12.6 Å². The summed E-state index contributed by atoms with van der Waals surface area (Å²) >= 11 is 4.16. The summed E-state index contributed by atoms with van der Waals surface area (Å²) in [6, 6.07) is 9.06. The molecule has 78 valence electrons. The lowest BCUT2D eigenvalue weighted by Crippen LogP contribution is -2.27. The van der Waals surface area contributed by atoms with Crippen molar-refractivity contribution in [2.24, 2.45) is 0 Å². The van der Waals surface area contributed by atoms with Gasteiger partial charge in [-0.1, -0.05) is 6.07 Å². The number of benzene rings is 1. The highest BCUT2D eigenvalue weighted by atomic mass is 32.1. The summed E-state index contributed by atoms with van der Waals surface area (Å²) in [7, 11) is 1.69. The van der Waals surface area contributed by atoms with E-state index in [-0.39, 0.29) is 5.91 Å². The number of amides is 1. The first-order valence-electron chi connectivity index (χ1n) is 4.56. The van der Waals surface area contributed by atoms with Gasteiger partial charge in [-0.3, -0.25) is 4.79 Å². The number of hydrogen-bond acceptors (Lipinski definition) is 3. The summed E-state index contributed by atoms with van der Waals surface area (Å²) in [5.74, 6) is -0.0823. The van der Waals surface area contributed by atoms with Gasteiger partial charge in [-0.25, -0.2) is 0 Å². The van der Waals surface area contributed by atoms with Crippen LogP contribution < -0.4 is 0 Å². The third kappa shape index (κ3) is 3.30. The van der Waals surface area contributed by atoms with Gasteiger partial charge in [0.25, 0.3) is 5.91 Å². The minimum Gasteiger partial charge on any atom is -0.341 e. The standard InChI is InChI=1S/C11H12N2OS/c1-13(7-3-6-12)11(14)9-4-2-5-10(15)8-9/h2,4-5,8,15H,3,7H2,1H3. The maximum absolute atomic E-state index is 11.8. The number of nitriles is 1. The molecule has 0 radical (unpaired) electrons. The van der Waals surface area contributed by atoms with Crippen LogP contribution in [0, 0.1) is 11.3 Å². The third-order valence-corrected chi connectivity index (χ3v) is 2.28. The molecule has 4 heteroatoms. The van der Waals surface area contributed by atoms with E-state index in [0.717, 1.165) is 4.90 Å². The maximum atomic E-state index is 11.8. The molecular weight excluding hydrogens is 208 g/mol. The lowest BCUT2D eigenvalue weighted by Gasteiger charge is -2.15. The lowest BCUT2D eigenvalue weighted by molar-refractivity contribution is 0.0798. The lowest BCUT2D eigenvalue weighted by atomic mass is 10.2. The van der Waals surface area contributed by atoms with Gasteiger partial charge < -0.3 is 4.90 Å². The molecule has 1 aromatic carbocycles. The van der Waals surface area contributed by atoms with Crippen LogP contribution in [-0.2, 0) is 0 Å². The molecular formula is C11H12N2OS. The largest absolute Gasteiger partial charge is 0.341 e. The van der Waals surface area contributed by atoms with Crippen molar-refractivity contribution in [1.29, 1.82) is 5.26 Å². The zero-order valence-corrected chi connectivity index (χ0v) is 9.37. The highest BCUT2D eigenvalue weighted by Gasteiger charge is 2.10. The molecule has 0 aliphatic heterocycles. The van der Waals surface area contributed by atoms with Gasteiger partial charge in [0.05, 0.1) is 12.5 Å². The van der Waals surface area contributed by atoms with Crippen molar-refractivity contribution in [3.8, 4) is 6.07 Å². The second-order valence-corrected chi connectivity index (χ2v) is 3.70. The fraction of sp³-hybridized carbons (Fsp3) is 0.273. The Morgan fingerprint density at radius 1 is 1.60 bits per heavy atom. The number of nitrogens with zero attached hydrogens (tertiary/aromatic N) is 2. The number of carbonyl (C=O) groups excluding carboxylic acids is 1. The van der Waals surface area contributed by atoms with E-state index in [1.807, 2.05) is 12.1 Å². The second kappa shape index (κ2) is 5.42. The predicted octanol–water partition coefficient (Wildman–Crippen LogP) is 1.96. The van der Waals surface area contributed by atoms with Crippen molar-refractivity contribution in [3.05, 3.63) is 29.8 Å². The van der Waals surface area contributed by atoms with Gasteiger partial charge in [-0.2, -0.15) is 5.26 Å². The third-order valence-electron chi connectivity index (χ3n) is 2.00. The molecule has 0 saturated heterocycles. The Balaban J connectivity index is 2.72. The molecule has 0 fully saturated rings. The zero-order chi connectivity index (χ0) is 11.3. The molecule has 1 aromatic rings. The normalized spacial score (nSPS) is 9.40. The maximum Gasteiger partial charge on any atom is 0.253 e. The fourth-order valence-electron chi connectivity index (χ4n) is 1.18. The predicted molar refractivity (Wildman–Crippen MR) is 60.9 cm³/mol. The second-order valence-electron chi connectivity index (χ2n) is 3.19. The highest BCUT2D eigenvalue weighted by Crippen LogP contribution is 2.10. The number of hydrogen-bond donors (Lipinski definition) is 1. The first kappa shape index (κ1) is 11.6. The molecule has 3 nitrogen and oxygen atoms in total. The number of carbonyl (C=O) groups is 1. The Labute approximate surface area is 94.7 Å². The van der Waals surface area contributed by atoms with Gasteiger partial charge in [-0.05, 0) is 18.2 Å². The monoisotopic (exact) mass is 220 g/mol. The van der Waals surface area contributed by atoms with Crippen LogP contribution in [-0.4, -0.2) is 24.4 Å². The van der Waals surface area contributed by atoms with E-state index in [4.69, 9.17) is 5.26 Å². The van der Waals surface area contributed by atoms with Crippen molar-refractivity contribution in [2.45, 2.75) is 11.3 Å². The van der Waals surface area contributed by atoms with Crippen LogP contribution in [0.15, 0.2) is 29.2 Å². The van der Waals surface area contributed by atoms with Crippen LogP contribution in [0.3, 0.4) is 0 Å². The minimum absolute atomic E-state index is 0.0823. The molecule has 0 bridgehead atoms. The van der Waals surface area contributed by atoms with Crippen LogP contribution in [0.4, 0.5) is 0 Å². The highest BCUT2D eigenvalue weighted by molar-refractivity contribution is 7.80. The van der Waals surface area contributed by atoms with Gasteiger partial charge >= 0.3 is 0 Å². The van der Waals surface area contributed by atoms with Crippen molar-refractivity contribution in [2.75, 3.05) is 13.6 Å². The molecule has 0 aliphatic rings. The van der Waals surface area contributed by atoms with E-state index in [2.05, 4.69) is 12.6 Å². The molecule has 0 N–H and O–H groups in total. The van der Waals surface area contributed by atoms with E-state index >= 15 is 0 Å². The van der Waals surface area contributed by atoms with Gasteiger partial charge in [0, 0.05) is 24.1 Å². The van der Waals surface area contributed by atoms with Gasteiger partial charge in [0.2, 0.25) is 0 Å². The van der Waals surface area contributed by atoms with E-state index in [1.54, 1.807) is 25.2 Å². The Kier molecular flexibility index (Phi) is 4.19. The molecule has 1 rings (SSSR count). The average molecular weight is 220 g/mol. The van der Waals surface area contributed by atoms with E-state index in [9.17, 15) is 4.79 Å². The Morgan fingerprint density at radius 3 is 2.93 bits per heavy atom. The van der Waals surface area contributed by atoms with Crippen molar-refractivity contribution < 1.29 is 4.79 Å². The molecule has 0 spiro atoms. The van der Waals surface area contributed by atoms with Gasteiger partial charge in [0.1, 0.15) is 0 Å². The van der Waals surface area contributed by atoms with E-state index in [0.29, 0.717) is 18.5 Å². The van der Waals surface area contributed by atoms with Gasteiger partial charge in [-0.15, -0.1) is 12.6 Å². The Bertz CT molecular complexity index is 398. The Morgan fingerprint density at radius 2 is 2.33 bits per heavy atom. The first-order chi connectivity index (χ1) is 7.15. The molecule has 0 aliphatic carbocycles. The number of rotatable bonds is 3. The number of thiol groups is 1. The molecule has 0 aromatic heterocycles. The molecule has 0 heterocycles. The smallest absolute Gasteiger partial charge is 0.253 e. The first-order valence-corrected chi connectivity index (χ1v) is 5.01. The summed E-state index contributed by atoms with van der Waals surface area (Å²) in [5, 5.41) is 8.41. The van der Waals surface area contributed by atoms with Crippen LogP contribution in [0.25, 0.3) is 0 Å². The molecule has 0 unspecified atom stereocenters. The summed E-state index contributed by atoms with van der Waals surface area (Å²) in [6.07, 6.45) is 0.350. The van der Waals surface area contributed by atoms with Crippen LogP contribution in [0.2, 0.25) is 0 Å². The summed E-state index contributed by atoms with van der Waals surface area (Å²) < 4.78 is 0. The molecule has 15 heavy (non-hydrogen) atoms. The zero-order valence-electron chi connectivity index (χ0n) is 8.47. The van der Waals surface area contributed by atoms with Crippen LogP contribution in [0.5, 0.6) is 0 Å². The fourth-order valence-corrected chi connectivity index (χ4v) is 1.40. The summed E-state index contributed by atoms with van der Waals surface area (Å²) in [4.78, 5) is 14.1. The molecule has 1 amide bonds. The van der Waals surface area contributed by atoms with Crippen molar-refractivity contribution >= 4 is 18.5 Å². The Hall–Kier alpha value is -1.47. The summed E-state index contributed by atoms with van der Waals surface area (Å²) in [6.45, 7) is 0.451. The van der Waals surface area contributed by atoms with Crippen molar-refractivity contribution in [1.82, 2.24) is 4.90 Å². The van der Waals surface area contributed by atoms with Crippen LogP contribution in [0.1, 0.15) is 16.8 Å². The summed E-state index contributed by atoms with van der Waals surface area (Å²) in [5.41, 5.74) is 0.600. The minimum atomic E-state index is -0.0823. The molecule has 0 atom stereocenters.